The van der Waals surface area contributed by atoms with Crippen LogP contribution in [0.15, 0.2) is 48.1 Å². The molecule has 0 aliphatic carbocycles. The second-order valence-corrected chi connectivity index (χ2v) is 6.99. The molecule has 1 unspecified atom stereocenters. The number of methoxy groups -OCH3 is 1. The molecule has 3 nitrogen and oxygen atoms in total. The van der Waals surface area contributed by atoms with Gasteiger partial charge in [-0.25, -0.2) is 0 Å². The van der Waals surface area contributed by atoms with Crippen LogP contribution in [0.3, 0.4) is 0 Å². The maximum Gasteiger partial charge on any atom is 0.305 e. The monoisotopic (exact) mass is 372 g/mol. The lowest BCUT2D eigenvalue weighted by Crippen LogP contribution is -2.09. The van der Waals surface area contributed by atoms with Gasteiger partial charge in [-0.1, -0.05) is 81.2 Å². The van der Waals surface area contributed by atoms with E-state index in [4.69, 9.17) is 0 Å². The summed E-state index contributed by atoms with van der Waals surface area (Å²) in [5.41, 5.74) is 2.23. The Morgan fingerprint density at radius 1 is 1.07 bits per heavy atom. The number of carbonyl (C=O) groups excluding carboxylic acids is 1. The van der Waals surface area contributed by atoms with E-state index >= 15 is 0 Å². The predicted octanol–water partition coefficient (Wildman–Crippen LogP) is 6.08. The van der Waals surface area contributed by atoms with Crippen molar-refractivity contribution in [3.63, 3.8) is 0 Å². The summed E-state index contributed by atoms with van der Waals surface area (Å²) in [6.45, 7) is 2.10. The van der Waals surface area contributed by atoms with Crippen molar-refractivity contribution in [2.75, 3.05) is 7.11 Å². The molecular formula is C24H36O3. The van der Waals surface area contributed by atoms with Gasteiger partial charge in [0.05, 0.1) is 13.2 Å². The summed E-state index contributed by atoms with van der Waals surface area (Å²) in [7, 11) is 1.44. The maximum atomic E-state index is 11.0. The van der Waals surface area contributed by atoms with Crippen molar-refractivity contribution in [3.8, 4) is 0 Å². The van der Waals surface area contributed by atoms with E-state index in [1.165, 1.54) is 26.4 Å². The minimum atomic E-state index is -0.366. The Morgan fingerprint density at radius 3 is 2.48 bits per heavy atom. The van der Waals surface area contributed by atoms with E-state index in [0.29, 0.717) is 6.42 Å². The Hall–Kier alpha value is -1.87. The molecule has 0 heterocycles. The SMILES string of the molecule is CCCC(O)/C(=C\c1ccccc1)C/C=C/CCCCCCCC(=O)OC. The Labute approximate surface area is 165 Å². The molecule has 27 heavy (non-hydrogen) atoms. The largest absolute Gasteiger partial charge is 0.469 e. The molecule has 1 aromatic rings. The van der Waals surface area contributed by atoms with E-state index in [-0.39, 0.29) is 12.1 Å². The van der Waals surface area contributed by atoms with E-state index in [1.807, 2.05) is 18.2 Å². The zero-order valence-corrected chi connectivity index (χ0v) is 17.0. The van der Waals surface area contributed by atoms with Crippen LogP contribution in [0, 0.1) is 0 Å². The van der Waals surface area contributed by atoms with Gasteiger partial charge in [0.25, 0.3) is 0 Å². The highest BCUT2D eigenvalue weighted by Crippen LogP contribution is 2.18. The van der Waals surface area contributed by atoms with Gasteiger partial charge < -0.3 is 9.84 Å². The first-order valence-electron chi connectivity index (χ1n) is 10.3. The van der Waals surface area contributed by atoms with Crippen molar-refractivity contribution in [1.82, 2.24) is 0 Å². The smallest absolute Gasteiger partial charge is 0.305 e. The quantitative estimate of drug-likeness (QED) is 0.244. The second-order valence-electron chi connectivity index (χ2n) is 6.99. The summed E-state index contributed by atoms with van der Waals surface area (Å²) < 4.78 is 4.64. The normalized spacial score (nSPS) is 13.1. The van der Waals surface area contributed by atoms with Crippen molar-refractivity contribution in [3.05, 3.63) is 53.6 Å². The molecule has 1 rings (SSSR count). The summed E-state index contributed by atoms with van der Waals surface area (Å²) >= 11 is 0. The van der Waals surface area contributed by atoms with Crippen LogP contribution in [0.4, 0.5) is 0 Å². The summed E-state index contributed by atoms with van der Waals surface area (Å²) in [5.74, 6) is -0.109. The van der Waals surface area contributed by atoms with Gasteiger partial charge in [-0.05, 0) is 43.2 Å². The number of aliphatic hydroxyl groups is 1. The number of unbranched alkanes of at least 4 members (excludes halogenated alkanes) is 5. The Morgan fingerprint density at radius 2 is 1.78 bits per heavy atom. The van der Waals surface area contributed by atoms with E-state index in [2.05, 4.69) is 42.0 Å². The fourth-order valence-electron chi connectivity index (χ4n) is 3.01. The number of benzene rings is 1. The lowest BCUT2D eigenvalue weighted by molar-refractivity contribution is -0.140. The molecule has 0 aliphatic rings. The van der Waals surface area contributed by atoms with Crippen molar-refractivity contribution < 1.29 is 14.6 Å². The predicted molar refractivity (Wildman–Crippen MR) is 113 cm³/mol. The number of ether oxygens (including phenoxy) is 1. The van der Waals surface area contributed by atoms with Gasteiger partial charge in [0.1, 0.15) is 0 Å². The van der Waals surface area contributed by atoms with Crippen LogP contribution in [0.2, 0.25) is 0 Å². The molecule has 0 fully saturated rings. The minimum absolute atomic E-state index is 0.109. The van der Waals surface area contributed by atoms with Crippen LogP contribution in [-0.2, 0) is 9.53 Å². The van der Waals surface area contributed by atoms with Gasteiger partial charge in [-0.2, -0.15) is 0 Å². The fourth-order valence-corrected chi connectivity index (χ4v) is 3.01. The molecule has 1 N–H and O–H groups in total. The van der Waals surface area contributed by atoms with Crippen LogP contribution >= 0.6 is 0 Å². The number of hydrogen-bond donors (Lipinski definition) is 1. The maximum absolute atomic E-state index is 11.0. The molecule has 0 aromatic heterocycles. The lowest BCUT2D eigenvalue weighted by atomic mass is 9.99. The summed E-state index contributed by atoms with van der Waals surface area (Å²) in [6.07, 6.45) is 15.9. The van der Waals surface area contributed by atoms with Gasteiger partial charge in [0.2, 0.25) is 0 Å². The zero-order chi connectivity index (χ0) is 19.7. The molecule has 0 bridgehead atoms. The van der Waals surface area contributed by atoms with Crippen molar-refractivity contribution >= 4 is 12.0 Å². The topological polar surface area (TPSA) is 46.5 Å². The highest BCUT2D eigenvalue weighted by Gasteiger charge is 2.08. The number of aliphatic hydroxyl groups excluding tert-OH is 1. The van der Waals surface area contributed by atoms with Crippen molar-refractivity contribution in [2.45, 2.75) is 77.2 Å². The third-order valence-corrected chi connectivity index (χ3v) is 4.64. The van der Waals surface area contributed by atoms with Crippen LogP contribution in [0.1, 0.15) is 76.7 Å². The van der Waals surface area contributed by atoms with Gasteiger partial charge in [-0.3, -0.25) is 4.79 Å². The van der Waals surface area contributed by atoms with Crippen LogP contribution in [0.25, 0.3) is 6.08 Å². The fraction of sp³-hybridized carbons (Fsp3) is 0.542. The number of hydrogen-bond acceptors (Lipinski definition) is 3. The van der Waals surface area contributed by atoms with Crippen LogP contribution in [-0.4, -0.2) is 24.3 Å². The minimum Gasteiger partial charge on any atom is -0.469 e. The third kappa shape index (κ3) is 11.4. The third-order valence-electron chi connectivity index (χ3n) is 4.64. The average molecular weight is 373 g/mol. The highest BCUT2D eigenvalue weighted by molar-refractivity contribution is 5.68. The number of carbonyl (C=O) groups is 1. The van der Waals surface area contributed by atoms with Gasteiger partial charge >= 0.3 is 5.97 Å². The molecule has 1 aromatic carbocycles. The molecule has 0 saturated carbocycles. The number of esters is 1. The molecule has 0 aliphatic heterocycles. The molecule has 0 radical (unpaired) electrons. The van der Waals surface area contributed by atoms with Crippen LogP contribution in [0.5, 0.6) is 0 Å². The molecular weight excluding hydrogens is 336 g/mol. The Balaban J connectivity index is 2.30. The first kappa shape index (κ1) is 23.2. The standard InChI is InChI=1S/C24H36O3/c1-3-15-23(25)22(20-21-16-11-10-12-17-21)18-13-8-6-4-5-7-9-14-19-24(26)27-2/h8,10-13,16-17,20,23,25H,3-7,9,14-15,18-19H2,1-2H3/b13-8+,22-20-. The van der Waals surface area contributed by atoms with Crippen LogP contribution < -0.4 is 0 Å². The summed E-state index contributed by atoms with van der Waals surface area (Å²) in [6, 6.07) is 10.2. The van der Waals surface area contributed by atoms with Gasteiger partial charge in [0, 0.05) is 6.42 Å². The Bertz CT molecular complexity index is 560. The molecule has 150 valence electrons. The highest BCUT2D eigenvalue weighted by atomic mass is 16.5. The summed E-state index contributed by atoms with van der Waals surface area (Å²) in [5, 5.41) is 10.4. The van der Waals surface area contributed by atoms with E-state index in [1.54, 1.807) is 0 Å². The first-order valence-corrected chi connectivity index (χ1v) is 10.3. The van der Waals surface area contributed by atoms with Crippen molar-refractivity contribution in [2.24, 2.45) is 0 Å². The number of rotatable bonds is 14. The Kier molecular flexibility index (Phi) is 13.1. The molecule has 0 amide bonds. The summed E-state index contributed by atoms with van der Waals surface area (Å²) in [4.78, 5) is 11.0. The van der Waals surface area contributed by atoms with Crippen molar-refractivity contribution in [1.29, 1.82) is 0 Å². The molecule has 3 heteroatoms. The van der Waals surface area contributed by atoms with E-state index in [0.717, 1.165) is 49.7 Å². The average Bonchev–Trinajstić information content (AvgIpc) is 2.69. The lowest BCUT2D eigenvalue weighted by Gasteiger charge is -2.13. The first-order chi connectivity index (χ1) is 13.2. The number of allylic oxidation sites excluding steroid dienone is 2. The van der Waals surface area contributed by atoms with E-state index < -0.39 is 0 Å². The molecule has 1 atom stereocenters. The van der Waals surface area contributed by atoms with Gasteiger partial charge in [-0.15, -0.1) is 0 Å². The molecule has 0 spiro atoms. The zero-order valence-electron chi connectivity index (χ0n) is 17.0. The van der Waals surface area contributed by atoms with E-state index in [9.17, 15) is 9.90 Å². The van der Waals surface area contributed by atoms with Gasteiger partial charge in [0.15, 0.2) is 0 Å². The molecule has 0 saturated heterocycles. The second kappa shape index (κ2) is 15.2.